The fourth-order valence-corrected chi connectivity index (χ4v) is 3.09. The molecule has 0 spiro atoms. The molecule has 2 amide bonds. The zero-order valence-electron chi connectivity index (χ0n) is 19.2. The van der Waals surface area contributed by atoms with Gasteiger partial charge in [-0.2, -0.15) is 0 Å². The number of rotatable bonds is 6. The van der Waals surface area contributed by atoms with Crippen molar-refractivity contribution in [3.8, 4) is 0 Å². The van der Waals surface area contributed by atoms with Crippen LogP contribution in [-0.4, -0.2) is 54.9 Å². The minimum absolute atomic E-state index is 0.128. The molecule has 1 unspecified atom stereocenters. The average Bonchev–Trinajstić information content (AvgIpc) is 2.92. The van der Waals surface area contributed by atoms with Crippen molar-refractivity contribution in [2.24, 2.45) is 0 Å². The highest BCUT2D eigenvalue weighted by atomic mass is 16.6. The van der Waals surface area contributed by atoms with E-state index in [0.29, 0.717) is 6.54 Å². The highest BCUT2D eigenvalue weighted by molar-refractivity contribution is 5.68. The van der Waals surface area contributed by atoms with Crippen molar-refractivity contribution >= 4 is 12.2 Å². The predicted octanol–water partition coefficient (Wildman–Crippen LogP) is 4.32. The van der Waals surface area contributed by atoms with Crippen LogP contribution in [0.3, 0.4) is 0 Å². The topological polar surface area (TPSA) is 79.9 Å². The van der Waals surface area contributed by atoms with E-state index in [0.717, 1.165) is 44.5 Å². The lowest BCUT2D eigenvalue weighted by molar-refractivity contribution is 0.0499. The van der Waals surface area contributed by atoms with Crippen LogP contribution in [0.25, 0.3) is 0 Å². The second-order valence-corrected chi connectivity index (χ2v) is 8.10. The van der Waals surface area contributed by atoms with Crippen LogP contribution in [0.1, 0.15) is 59.4 Å². The van der Waals surface area contributed by atoms with Gasteiger partial charge in [-0.1, -0.05) is 44.2 Å². The second-order valence-electron chi connectivity index (χ2n) is 8.10. The van der Waals surface area contributed by atoms with Crippen molar-refractivity contribution in [1.29, 1.82) is 0 Å². The molecule has 1 heterocycles. The summed E-state index contributed by atoms with van der Waals surface area (Å²) in [5.41, 5.74) is 0.482. The molecule has 1 saturated heterocycles. The Hall–Kier alpha value is -2.28. The number of alkyl carbamates (subject to hydrolysis) is 2. The second kappa shape index (κ2) is 13.9. The van der Waals surface area contributed by atoms with E-state index < -0.39 is 11.7 Å². The maximum atomic E-state index is 11.9. The van der Waals surface area contributed by atoms with E-state index >= 15 is 0 Å². The third-order valence-electron chi connectivity index (χ3n) is 4.45. The van der Waals surface area contributed by atoms with E-state index in [1.54, 1.807) is 0 Å². The minimum Gasteiger partial charge on any atom is -0.445 e. The lowest BCUT2D eigenvalue weighted by Crippen LogP contribution is -2.40. The average molecular weight is 422 g/mol. The van der Waals surface area contributed by atoms with Crippen LogP contribution in [0.5, 0.6) is 0 Å². The summed E-state index contributed by atoms with van der Waals surface area (Å²) >= 11 is 0. The first-order valence-corrected chi connectivity index (χ1v) is 11.0. The van der Waals surface area contributed by atoms with Gasteiger partial charge in [-0.15, -0.1) is 0 Å². The van der Waals surface area contributed by atoms with Gasteiger partial charge in [0.2, 0.25) is 0 Å². The van der Waals surface area contributed by atoms with Crippen LogP contribution in [0.2, 0.25) is 0 Å². The standard InChI is InChI=1S/C21H33N3O4.C2H6/c1-21(2,3)28-20(26)23-18-10-7-13-24(14-11-18)15-12-22-19(25)27-16-17-8-5-4-6-9-17;1-2/h4-6,8-9,18H,7,10-16H2,1-3H3,(H,22,25)(H,23,26);1-2H3. The SMILES string of the molecule is CC.CC(C)(C)OC(=O)NC1CCCN(CCNC(=O)OCc2ccccc2)CC1. The van der Waals surface area contributed by atoms with Crippen LogP contribution in [-0.2, 0) is 16.1 Å². The molecule has 1 aromatic rings. The molecule has 0 saturated carbocycles. The van der Waals surface area contributed by atoms with Crippen molar-refractivity contribution in [3.05, 3.63) is 35.9 Å². The Bertz CT molecular complexity index is 617. The van der Waals surface area contributed by atoms with Crippen molar-refractivity contribution in [2.45, 2.75) is 72.1 Å². The maximum absolute atomic E-state index is 11.9. The number of hydrogen-bond acceptors (Lipinski definition) is 5. The molecule has 170 valence electrons. The first kappa shape index (κ1) is 25.8. The van der Waals surface area contributed by atoms with E-state index in [1.165, 1.54) is 0 Å². The minimum atomic E-state index is -0.484. The van der Waals surface area contributed by atoms with Gasteiger partial charge in [-0.25, -0.2) is 9.59 Å². The molecule has 2 rings (SSSR count). The highest BCUT2D eigenvalue weighted by Gasteiger charge is 2.22. The molecule has 1 atom stereocenters. The van der Waals surface area contributed by atoms with Crippen molar-refractivity contribution in [3.63, 3.8) is 0 Å². The Morgan fingerprint density at radius 2 is 1.77 bits per heavy atom. The zero-order chi connectivity index (χ0) is 22.4. The van der Waals surface area contributed by atoms with Gasteiger partial charge in [0, 0.05) is 25.7 Å². The molecule has 30 heavy (non-hydrogen) atoms. The Kier molecular flexibility index (Phi) is 11.9. The number of amides is 2. The van der Waals surface area contributed by atoms with Gasteiger partial charge in [0.1, 0.15) is 12.2 Å². The Morgan fingerprint density at radius 1 is 1.07 bits per heavy atom. The Labute approximate surface area is 181 Å². The molecule has 0 aromatic heterocycles. The van der Waals surface area contributed by atoms with E-state index in [-0.39, 0.29) is 18.7 Å². The highest BCUT2D eigenvalue weighted by Crippen LogP contribution is 2.13. The quantitative estimate of drug-likeness (QED) is 0.715. The summed E-state index contributed by atoms with van der Waals surface area (Å²) in [6.45, 7) is 13.0. The van der Waals surface area contributed by atoms with Gasteiger partial charge in [0.15, 0.2) is 0 Å². The first-order chi connectivity index (χ1) is 14.3. The normalized spacial score (nSPS) is 17.0. The van der Waals surface area contributed by atoms with Crippen LogP contribution < -0.4 is 10.6 Å². The summed E-state index contributed by atoms with van der Waals surface area (Å²) < 4.78 is 10.5. The monoisotopic (exact) mass is 421 g/mol. The smallest absolute Gasteiger partial charge is 0.407 e. The third kappa shape index (κ3) is 11.7. The summed E-state index contributed by atoms with van der Waals surface area (Å²) in [4.78, 5) is 26.0. The number of benzene rings is 1. The first-order valence-electron chi connectivity index (χ1n) is 11.0. The maximum Gasteiger partial charge on any atom is 0.407 e. The number of carbonyl (C=O) groups is 2. The molecular weight excluding hydrogens is 382 g/mol. The van der Waals surface area contributed by atoms with Gasteiger partial charge in [0.25, 0.3) is 0 Å². The zero-order valence-corrected chi connectivity index (χ0v) is 19.2. The van der Waals surface area contributed by atoms with Gasteiger partial charge in [0.05, 0.1) is 0 Å². The number of nitrogens with zero attached hydrogens (tertiary/aromatic N) is 1. The van der Waals surface area contributed by atoms with Crippen LogP contribution in [0, 0.1) is 0 Å². The molecule has 7 heteroatoms. The molecule has 1 aliphatic rings. The van der Waals surface area contributed by atoms with Gasteiger partial charge in [-0.05, 0) is 52.1 Å². The van der Waals surface area contributed by atoms with Gasteiger partial charge >= 0.3 is 12.2 Å². The number of hydrogen-bond donors (Lipinski definition) is 2. The molecule has 0 aliphatic carbocycles. The van der Waals surface area contributed by atoms with Crippen LogP contribution >= 0.6 is 0 Å². The van der Waals surface area contributed by atoms with Gasteiger partial charge in [-0.3, -0.25) is 0 Å². The predicted molar refractivity (Wildman–Crippen MR) is 119 cm³/mol. The van der Waals surface area contributed by atoms with E-state index in [1.807, 2.05) is 65.0 Å². The summed E-state index contributed by atoms with van der Waals surface area (Å²) in [6, 6.07) is 9.74. The molecule has 1 aliphatic heterocycles. The number of nitrogens with one attached hydrogen (secondary N) is 2. The Balaban J connectivity index is 0.00000218. The molecule has 0 bridgehead atoms. The molecule has 1 aromatic carbocycles. The fourth-order valence-electron chi connectivity index (χ4n) is 3.09. The number of ether oxygens (including phenoxy) is 2. The van der Waals surface area contributed by atoms with E-state index in [9.17, 15) is 9.59 Å². The largest absolute Gasteiger partial charge is 0.445 e. The van der Waals surface area contributed by atoms with Crippen molar-refractivity contribution < 1.29 is 19.1 Å². The summed E-state index contributed by atoms with van der Waals surface area (Å²) in [6.07, 6.45) is 2.05. The van der Waals surface area contributed by atoms with E-state index in [2.05, 4.69) is 15.5 Å². The lowest BCUT2D eigenvalue weighted by Gasteiger charge is -2.23. The van der Waals surface area contributed by atoms with Crippen LogP contribution in [0.4, 0.5) is 9.59 Å². The molecule has 1 fully saturated rings. The van der Waals surface area contributed by atoms with Gasteiger partial charge < -0.3 is 25.0 Å². The molecule has 7 nitrogen and oxygen atoms in total. The molecule has 2 N–H and O–H groups in total. The number of carbonyl (C=O) groups excluding carboxylic acids is 2. The number of likely N-dealkylation sites (tertiary alicyclic amines) is 1. The lowest BCUT2D eigenvalue weighted by atomic mass is 10.1. The molecule has 0 radical (unpaired) electrons. The van der Waals surface area contributed by atoms with Crippen molar-refractivity contribution in [1.82, 2.24) is 15.5 Å². The van der Waals surface area contributed by atoms with Crippen molar-refractivity contribution in [2.75, 3.05) is 26.2 Å². The summed E-state index contributed by atoms with van der Waals surface area (Å²) in [5.74, 6) is 0. The summed E-state index contributed by atoms with van der Waals surface area (Å²) in [7, 11) is 0. The Morgan fingerprint density at radius 3 is 2.43 bits per heavy atom. The summed E-state index contributed by atoms with van der Waals surface area (Å²) in [5, 5.41) is 5.76. The van der Waals surface area contributed by atoms with Crippen LogP contribution in [0.15, 0.2) is 30.3 Å². The fraction of sp³-hybridized carbons (Fsp3) is 0.652. The molecular formula is C23H39N3O4. The van der Waals surface area contributed by atoms with E-state index in [4.69, 9.17) is 9.47 Å². The third-order valence-corrected chi connectivity index (χ3v) is 4.45.